The highest BCUT2D eigenvalue weighted by molar-refractivity contribution is 5.73. The van der Waals surface area contributed by atoms with Crippen LogP contribution in [0.25, 0.3) is 0 Å². The van der Waals surface area contributed by atoms with Crippen molar-refractivity contribution in [2.24, 2.45) is 33.4 Å². The molecule has 1 unspecified atom stereocenters. The van der Waals surface area contributed by atoms with Crippen molar-refractivity contribution < 1.29 is 19.8 Å². The molecule has 8 heteroatoms. The molecule has 0 spiro atoms. The van der Waals surface area contributed by atoms with Crippen molar-refractivity contribution in [1.29, 1.82) is 5.26 Å². The summed E-state index contributed by atoms with van der Waals surface area (Å²) in [6.45, 7) is 18.0. The smallest absolute Gasteiger partial charge is 0.320 e. The summed E-state index contributed by atoms with van der Waals surface area (Å²) in [4.78, 5) is 20.5. The van der Waals surface area contributed by atoms with Crippen LogP contribution >= 0.6 is 0 Å². The molecule has 3 atom stereocenters. The second-order valence-electron chi connectivity index (χ2n) is 10.9. The van der Waals surface area contributed by atoms with Gasteiger partial charge in [0.1, 0.15) is 12.1 Å². The summed E-state index contributed by atoms with van der Waals surface area (Å²) in [5, 5.41) is 25.2. The number of hydrogen-bond acceptors (Lipinski definition) is 6. The minimum absolute atomic E-state index is 0.00218. The predicted octanol–water partition coefficient (Wildman–Crippen LogP) is 2.94. The summed E-state index contributed by atoms with van der Waals surface area (Å²) in [7, 11) is 0. The van der Waals surface area contributed by atoms with E-state index < -0.39 is 24.0 Å². The Morgan fingerprint density at radius 3 is 1.03 bits per heavy atom. The number of carboxylic acid groups (broad SMARTS) is 2. The van der Waals surface area contributed by atoms with Gasteiger partial charge in [0, 0.05) is 0 Å². The lowest BCUT2D eigenvalue weighted by Gasteiger charge is -2.20. The minimum atomic E-state index is -0.921. The number of rotatable bonds is 5. The molecule has 0 radical (unpaired) electrons. The summed E-state index contributed by atoms with van der Waals surface area (Å²) < 4.78 is 0. The lowest BCUT2D eigenvalue weighted by atomic mass is 9.88. The van der Waals surface area contributed by atoms with E-state index in [9.17, 15) is 9.59 Å². The van der Waals surface area contributed by atoms with Gasteiger partial charge in [-0.2, -0.15) is 5.26 Å². The second-order valence-corrected chi connectivity index (χ2v) is 10.9. The molecule has 0 amide bonds. The summed E-state index contributed by atoms with van der Waals surface area (Å²) in [5.74, 6) is -1.84. The van der Waals surface area contributed by atoms with Gasteiger partial charge in [0.2, 0.25) is 0 Å². The zero-order valence-corrected chi connectivity index (χ0v) is 19.7. The van der Waals surface area contributed by atoms with Crippen LogP contribution in [0.3, 0.4) is 0 Å². The molecule has 0 aromatic heterocycles. The van der Waals surface area contributed by atoms with Gasteiger partial charge in [0.25, 0.3) is 0 Å². The second kappa shape index (κ2) is 13.5. The molecule has 0 saturated carbocycles. The average molecular weight is 417 g/mol. The third-order valence-electron chi connectivity index (χ3n) is 3.30. The summed E-state index contributed by atoms with van der Waals surface area (Å²) in [6.07, 6.45) is 1.80. The lowest BCUT2D eigenvalue weighted by molar-refractivity contribution is -0.140. The van der Waals surface area contributed by atoms with Gasteiger partial charge in [-0.25, -0.2) is 0 Å². The summed E-state index contributed by atoms with van der Waals surface area (Å²) >= 11 is 0. The quantitative estimate of drug-likeness (QED) is 0.454. The highest BCUT2D eigenvalue weighted by Gasteiger charge is 2.21. The van der Waals surface area contributed by atoms with E-state index in [1.807, 2.05) is 47.6 Å². The van der Waals surface area contributed by atoms with Crippen molar-refractivity contribution in [3.63, 3.8) is 0 Å². The molecular weight excluding hydrogens is 372 g/mol. The van der Waals surface area contributed by atoms with Crippen LogP contribution in [0.5, 0.6) is 0 Å². The highest BCUT2D eigenvalue weighted by Crippen LogP contribution is 2.20. The van der Waals surface area contributed by atoms with Crippen LogP contribution in [0.1, 0.15) is 81.6 Å². The Balaban J connectivity index is -0.000000350. The van der Waals surface area contributed by atoms with Crippen LogP contribution < -0.4 is 17.2 Å². The van der Waals surface area contributed by atoms with Gasteiger partial charge in [0.05, 0.1) is 12.1 Å². The Bertz CT molecular complexity index is 491. The third-order valence-corrected chi connectivity index (χ3v) is 3.30. The van der Waals surface area contributed by atoms with Crippen molar-refractivity contribution in [1.82, 2.24) is 0 Å². The summed E-state index contributed by atoms with van der Waals surface area (Å²) in [6, 6.07) is 0.254. The first kappa shape index (κ1) is 32.0. The Kier molecular flexibility index (Phi) is 14.9. The van der Waals surface area contributed by atoms with E-state index in [1.54, 1.807) is 0 Å². The first-order chi connectivity index (χ1) is 12.6. The van der Waals surface area contributed by atoms with Gasteiger partial charge in [-0.3, -0.25) is 9.59 Å². The van der Waals surface area contributed by atoms with Crippen molar-refractivity contribution in [2.75, 3.05) is 0 Å². The van der Waals surface area contributed by atoms with Crippen molar-refractivity contribution in [3.05, 3.63) is 0 Å². The fourth-order valence-electron chi connectivity index (χ4n) is 2.20. The number of hydrogen-bond donors (Lipinski definition) is 5. The van der Waals surface area contributed by atoms with Crippen LogP contribution in [-0.4, -0.2) is 40.3 Å². The van der Waals surface area contributed by atoms with Gasteiger partial charge in [-0.05, 0) is 35.5 Å². The molecule has 172 valence electrons. The standard InChI is InChI=1S/C7H14N2.2C7H15NO2/c1-7(2,3)4-6(9)5-8;2*1-7(2,3)4-5(8)6(9)10/h6H,4,9H2,1-3H3;2*5H,4,8H2,1-3H3,(H,9,10)/t;2*5-/m.10/s1. The molecule has 8 nitrogen and oxygen atoms in total. The highest BCUT2D eigenvalue weighted by atomic mass is 16.4. The van der Waals surface area contributed by atoms with E-state index in [0.29, 0.717) is 12.8 Å². The van der Waals surface area contributed by atoms with E-state index in [2.05, 4.69) is 20.8 Å². The molecule has 0 rings (SSSR count). The molecule has 8 N–H and O–H groups in total. The van der Waals surface area contributed by atoms with Crippen molar-refractivity contribution in [2.45, 2.75) is 99.7 Å². The van der Waals surface area contributed by atoms with Gasteiger partial charge >= 0.3 is 11.9 Å². The Hall–Kier alpha value is -1.69. The maximum atomic E-state index is 10.3. The molecule has 29 heavy (non-hydrogen) atoms. The summed E-state index contributed by atoms with van der Waals surface area (Å²) in [5.41, 5.74) is 16.2. The zero-order valence-electron chi connectivity index (χ0n) is 19.7. The topological polar surface area (TPSA) is 176 Å². The van der Waals surface area contributed by atoms with E-state index in [-0.39, 0.29) is 22.3 Å². The molecule has 0 bridgehead atoms. The molecule has 0 saturated heterocycles. The van der Waals surface area contributed by atoms with Crippen molar-refractivity contribution in [3.8, 4) is 6.07 Å². The molecule has 0 aliphatic rings. The first-order valence-electron chi connectivity index (χ1n) is 9.73. The maximum Gasteiger partial charge on any atom is 0.320 e. The Labute approximate surface area is 176 Å². The average Bonchev–Trinajstić information content (AvgIpc) is 2.43. The predicted molar refractivity (Wildman–Crippen MR) is 117 cm³/mol. The Morgan fingerprint density at radius 2 is 0.966 bits per heavy atom. The van der Waals surface area contributed by atoms with E-state index >= 15 is 0 Å². The largest absolute Gasteiger partial charge is 0.480 e. The lowest BCUT2D eigenvalue weighted by Crippen LogP contribution is -2.34. The molecule has 0 fully saturated rings. The number of carbonyl (C=O) groups is 2. The maximum absolute atomic E-state index is 10.3. The van der Waals surface area contributed by atoms with Crippen LogP contribution in [0.15, 0.2) is 0 Å². The van der Waals surface area contributed by atoms with Gasteiger partial charge in [-0.15, -0.1) is 0 Å². The first-order valence-corrected chi connectivity index (χ1v) is 9.73. The number of nitrogens with zero attached hydrogens (tertiary/aromatic N) is 1. The van der Waals surface area contributed by atoms with Gasteiger partial charge in [0.15, 0.2) is 0 Å². The van der Waals surface area contributed by atoms with E-state index in [1.165, 1.54) is 0 Å². The van der Waals surface area contributed by atoms with Gasteiger partial charge < -0.3 is 27.4 Å². The number of aliphatic carboxylic acids is 2. The molecular formula is C21H44N4O4. The van der Waals surface area contributed by atoms with Gasteiger partial charge in [-0.1, -0.05) is 62.3 Å². The number of carboxylic acids is 2. The molecule has 0 aliphatic carbocycles. The van der Waals surface area contributed by atoms with Crippen LogP contribution in [0.2, 0.25) is 0 Å². The molecule has 0 aromatic carbocycles. The number of nitriles is 1. The van der Waals surface area contributed by atoms with E-state index in [0.717, 1.165) is 6.42 Å². The van der Waals surface area contributed by atoms with Crippen LogP contribution in [-0.2, 0) is 9.59 Å². The SMILES string of the molecule is CC(C)(C)CC(N)C#N.CC(C)(C)C[C@@H](N)C(=O)O.CC(C)(C)C[C@H](N)C(=O)O. The third kappa shape index (κ3) is 28.6. The van der Waals surface area contributed by atoms with Crippen molar-refractivity contribution >= 4 is 11.9 Å². The molecule has 0 aromatic rings. The van der Waals surface area contributed by atoms with E-state index in [4.69, 9.17) is 32.7 Å². The fourth-order valence-corrected chi connectivity index (χ4v) is 2.20. The van der Waals surface area contributed by atoms with Crippen LogP contribution in [0.4, 0.5) is 0 Å². The Morgan fingerprint density at radius 1 is 0.724 bits per heavy atom. The normalized spacial score (nSPS) is 14.7. The monoisotopic (exact) mass is 416 g/mol. The van der Waals surface area contributed by atoms with Crippen LogP contribution in [0, 0.1) is 27.6 Å². The zero-order chi connectivity index (χ0) is 24.2. The minimum Gasteiger partial charge on any atom is -0.480 e. The molecule has 0 aliphatic heterocycles. The fraction of sp³-hybridized carbons (Fsp3) is 0.857. The molecule has 0 heterocycles. The number of nitrogens with two attached hydrogens (primary N) is 3.